The summed E-state index contributed by atoms with van der Waals surface area (Å²) in [4.78, 5) is 0. The summed E-state index contributed by atoms with van der Waals surface area (Å²) in [5.41, 5.74) is 2.17. The minimum atomic E-state index is 0.504. The Morgan fingerprint density at radius 3 is 2.62 bits per heavy atom. The molecule has 3 aromatic rings. The fraction of sp³-hybridized carbons (Fsp3) is 0.158. The Morgan fingerprint density at radius 1 is 1.04 bits per heavy atom. The Balaban J connectivity index is 1.62. The molecule has 0 amide bonds. The first kappa shape index (κ1) is 17.1. The standard InChI is InChI=1S/C19H17BrClNO2/c20-16-5-8-19(24-13-14-3-6-17(21)7-4-14)15(10-16)11-22-12-18-2-1-9-23-18/h1-10,22H,11-13H2. The summed E-state index contributed by atoms with van der Waals surface area (Å²) in [6.07, 6.45) is 1.68. The van der Waals surface area contributed by atoms with Gasteiger partial charge in [0.2, 0.25) is 0 Å². The second kappa shape index (κ2) is 8.38. The SMILES string of the molecule is Clc1ccc(COc2ccc(Br)cc2CNCc2ccco2)cc1. The van der Waals surface area contributed by atoms with Gasteiger partial charge in [0, 0.05) is 21.6 Å². The first-order valence-electron chi connectivity index (χ1n) is 7.59. The van der Waals surface area contributed by atoms with Crippen LogP contribution in [0.25, 0.3) is 0 Å². The van der Waals surface area contributed by atoms with Crippen LogP contribution in [0, 0.1) is 0 Å². The molecule has 3 rings (SSSR count). The fourth-order valence-corrected chi connectivity index (χ4v) is 2.84. The van der Waals surface area contributed by atoms with Crippen LogP contribution < -0.4 is 10.1 Å². The van der Waals surface area contributed by atoms with Gasteiger partial charge < -0.3 is 14.5 Å². The van der Waals surface area contributed by atoms with E-state index in [4.69, 9.17) is 20.8 Å². The van der Waals surface area contributed by atoms with Crippen molar-refractivity contribution in [1.29, 1.82) is 0 Å². The highest BCUT2D eigenvalue weighted by Gasteiger charge is 2.06. The van der Waals surface area contributed by atoms with Crippen molar-refractivity contribution in [2.24, 2.45) is 0 Å². The monoisotopic (exact) mass is 405 g/mol. The van der Waals surface area contributed by atoms with Gasteiger partial charge in [-0.1, -0.05) is 39.7 Å². The van der Waals surface area contributed by atoms with Gasteiger partial charge in [0.1, 0.15) is 18.1 Å². The van der Waals surface area contributed by atoms with Crippen molar-refractivity contribution in [2.75, 3.05) is 0 Å². The van der Waals surface area contributed by atoms with E-state index < -0.39 is 0 Å². The smallest absolute Gasteiger partial charge is 0.124 e. The van der Waals surface area contributed by atoms with Gasteiger partial charge >= 0.3 is 0 Å². The van der Waals surface area contributed by atoms with E-state index in [-0.39, 0.29) is 0 Å². The molecule has 0 fully saturated rings. The lowest BCUT2D eigenvalue weighted by atomic mass is 10.2. The first-order chi connectivity index (χ1) is 11.7. The second-order valence-electron chi connectivity index (χ2n) is 5.35. The van der Waals surface area contributed by atoms with Crippen LogP contribution in [0.2, 0.25) is 5.02 Å². The van der Waals surface area contributed by atoms with Crippen molar-refractivity contribution in [1.82, 2.24) is 5.32 Å². The Hall–Kier alpha value is -1.75. The van der Waals surface area contributed by atoms with Gasteiger partial charge in [-0.25, -0.2) is 0 Å². The molecule has 0 unspecified atom stereocenters. The highest BCUT2D eigenvalue weighted by Crippen LogP contribution is 2.24. The molecule has 24 heavy (non-hydrogen) atoms. The number of benzene rings is 2. The largest absolute Gasteiger partial charge is 0.489 e. The molecule has 1 heterocycles. The minimum Gasteiger partial charge on any atom is -0.489 e. The van der Waals surface area contributed by atoms with E-state index >= 15 is 0 Å². The van der Waals surface area contributed by atoms with Crippen LogP contribution in [0.3, 0.4) is 0 Å². The summed E-state index contributed by atoms with van der Waals surface area (Å²) >= 11 is 9.42. The maximum Gasteiger partial charge on any atom is 0.124 e. The zero-order chi connectivity index (χ0) is 16.8. The van der Waals surface area contributed by atoms with Crippen LogP contribution in [0.1, 0.15) is 16.9 Å². The second-order valence-corrected chi connectivity index (χ2v) is 6.70. The maximum atomic E-state index is 5.98. The van der Waals surface area contributed by atoms with E-state index in [1.54, 1.807) is 6.26 Å². The molecule has 0 spiro atoms. The van der Waals surface area contributed by atoms with Crippen LogP contribution in [-0.2, 0) is 19.7 Å². The highest BCUT2D eigenvalue weighted by molar-refractivity contribution is 9.10. The molecule has 0 aliphatic rings. The lowest BCUT2D eigenvalue weighted by molar-refractivity contribution is 0.302. The molecule has 0 radical (unpaired) electrons. The van der Waals surface area contributed by atoms with Gasteiger partial charge in [-0.3, -0.25) is 0 Å². The van der Waals surface area contributed by atoms with Crippen LogP contribution >= 0.6 is 27.5 Å². The lowest BCUT2D eigenvalue weighted by Crippen LogP contribution is -2.13. The van der Waals surface area contributed by atoms with Gasteiger partial charge in [0.15, 0.2) is 0 Å². The Labute approximate surface area is 154 Å². The van der Waals surface area contributed by atoms with Gasteiger partial charge in [-0.2, -0.15) is 0 Å². The summed E-state index contributed by atoms with van der Waals surface area (Å²) in [7, 11) is 0. The average molecular weight is 407 g/mol. The van der Waals surface area contributed by atoms with Crippen molar-refractivity contribution >= 4 is 27.5 Å². The molecule has 2 aromatic carbocycles. The lowest BCUT2D eigenvalue weighted by Gasteiger charge is -2.13. The molecule has 0 saturated heterocycles. The van der Waals surface area contributed by atoms with E-state index in [0.29, 0.717) is 19.7 Å². The molecular weight excluding hydrogens is 390 g/mol. The number of rotatable bonds is 7. The topological polar surface area (TPSA) is 34.4 Å². The van der Waals surface area contributed by atoms with Crippen LogP contribution in [-0.4, -0.2) is 0 Å². The van der Waals surface area contributed by atoms with E-state index in [2.05, 4.69) is 27.3 Å². The van der Waals surface area contributed by atoms with Crippen LogP contribution in [0.15, 0.2) is 69.8 Å². The number of nitrogens with one attached hydrogen (secondary N) is 1. The van der Waals surface area contributed by atoms with E-state index in [0.717, 1.165) is 32.1 Å². The average Bonchev–Trinajstić information content (AvgIpc) is 3.09. The summed E-state index contributed by atoms with van der Waals surface area (Å²) in [6, 6.07) is 17.5. The van der Waals surface area contributed by atoms with Gasteiger partial charge in [0.05, 0.1) is 12.8 Å². The molecule has 0 aliphatic carbocycles. The molecule has 1 aromatic heterocycles. The summed E-state index contributed by atoms with van der Waals surface area (Å²) in [6.45, 7) is 1.87. The third-order valence-corrected chi connectivity index (χ3v) is 4.27. The summed E-state index contributed by atoms with van der Waals surface area (Å²) in [5, 5.41) is 4.09. The van der Waals surface area contributed by atoms with Crippen LogP contribution in [0.4, 0.5) is 0 Å². The summed E-state index contributed by atoms with van der Waals surface area (Å²) in [5.74, 6) is 1.77. The third kappa shape index (κ3) is 4.87. The van der Waals surface area contributed by atoms with E-state index in [9.17, 15) is 0 Å². The number of furan rings is 1. The number of ether oxygens (including phenoxy) is 1. The first-order valence-corrected chi connectivity index (χ1v) is 8.76. The third-order valence-electron chi connectivity index (χ3n) is 3.52. The maximum absolute atomic E-state index is 5.98. The Morgan fingerprint density at radius 2 is 1.88 bits per heavy atom. The van der Waals surface area contributed by atoms with Crippen LogP contribution in [0.5, 0.6) is 5.75 Å². The predicted octanol–water partition coefficient (Wildman–Crippen LogP) is 5.56. The zero-order valence-electron chi connectivity index (χ0n) is 13.0. The quantitative estimate of drug-likeness (QED) is 0.557. The molecule has 1 N–H and O–H groups in total. The highest BCUT2D eigenvalue weighted by atomic mass is 79.9. The Bertz CT molecular complexity index is 773. The van der Waals surface area contributed by atoms with Crippen molar-refractivity contribution < 1.29 is 9.15 Å². The molecule has 124 valence electrons. The summed E-state index contributed by atoms with van der Waals surface area (Å²) < 4.78 is 12.3. The fourth-order valence-electron chi connectivity index (χ4n) is 2.30. The number of hydrogen-bond acceptors (Lipinski definition) is 3. The normalized spacial score (nSPS) is 10.8. The van der Waals surface area contributed by atoms with E-state index in [1.807, 2.05) is 48.5 Å². The molecular formula is C19H17BrClNO2. The number of hydrogen-bond donors (Lipinski definition) is 1. The van der Waals surface area contributed by atoms with Gasteiger partial charge in [0.25, 0.3) is 0 Å². The van der Waals surface area contributed by atoms with Crippen molar-refractivity contribution in [3.8, 4) is 5.75 Å². The van der Waals surface area contributed by atoms with Crippen molar-refractivity contribution in [3.05, 3.63) is 87.2 Å². The molecule has 0 atom stereocenters. The van der Waals surface area contributed by atoms with Crippen molar-refractivity contribution in [2.45, 2.75) is 19.7 Å². The predicted molar refractivity (Wildman–Crippen MR) is 99.2 cm³/mol. The van der Waals surface area contributed by atoms with Gasteiger partial charge in [-0.15, -0.1) is 0 Å². The molecule has 0 saturated carbocycles. The van der Waals surface area contributed by atoms with Crippen molar-refractivity contribution in [3.63, 3.8) is 0 Å². The zero-order valence-corrected chi connectivity index (χ0v) is 15.3. The molecule has 0 bridgehead atoms. The minimum absolute atomic E-state index is 0.504. The molecule has 5 heteroatoms. The number of halogens is 2. The molecule has 3 nitrogen and oxygen atoms in total. The Kier molecular flexibility index (Phi) is 5.96. The van der Waals surface area contributed by atoms with Gasteiger partial charge in [-0.05, 0) is 48.0 Å². The van der Waals surface area contributed by atoms with E-state index in [1.165, 1.54) is 0 Å². The molecule has 0 aliphatic heterocycles.